The molecule has 2 aromatic carbocycles. The molecular formula is C31H40F2N6O. The number of aromatic nitrogens is 2. The van der Waals surface area contributed by atoms with Gasteiger partial charge in [0.15, 0.2) is 11.6 Å². The number of halogens is 2. The average molecular weight is 551 g/mol. The Labute approximate surface area is 235 Å². The van der Waals surface area contributed by atoms with Gasteiger partial charge in [0.05, 0.1) is 11.7 Å². The number of hydrogen-bond donors (Lipinski definition) is 2. The summed E-state index contributed by atoms with van der Waals surface area (Å²) < 4.78 is 30.2. The second-order valence-electron chi connectivity index (χ2n) is 10.8. The molecule has 0 spiro atoms. The van der Waals surface area contributed by atoms with Gasteiger partial charge in [0, 0.05) is 31.7 Å². The number of fused-ring (bicyclic) bond motifs is 4. The average Bonchev–Trinajstić information content (AvgIpc) is 3.37. The maximum Gasteiger partial charge on any atom is 0.242 e. The fourth-order valence-electron chi connectivity index (χ4n) is 6.05. The number of rotatable bonds is 11. The molecule has 1 aliphatic heterocycles. The minimum atomic E-state index is -0.539. The van der Waals surface area contributed by atoms with Gasteiger partial charge in [-0.25, -0.2) is 13.8 Å². The number of para-hydroxylation sites is 1. The lowest BCUT2D eigenvalue weighted by molar-refractivity contribution is -0.118. The Morgan fingerprint density at radius 2 is 1.95 bits per heavy atom. The summed E-state index contributed by atoms with van der Waals surface area (Å²) in [5.74, 6) is 0.259. The number of anilines is 2. The molecule has 2 atom stereocenters. The van der Waals surface area contributed by atoms with Crippen LogP contribution in [0.4, 0.5) is 20.4 Å². The quantitative estimate of drug-likeness (QED) is 0.349. The van der Waals surface area contributed by atoms with E-state index >= 15 is 0 Å². The number of likely N-dealkylation sites (N-methyl/N-ethyl adjacent to an activating group) is 1. The van der Waals surface area contributed by atoms with Gasteiger partial charge in [-0.1, -0.05) is 45.4 Å². The molecule has 1 amide bonds. The van der Waals surface area contributed by atoms with Crippen LogP contribution in [0.1, 0.15) is 56.7 Å². The summed E-state index contributed by atoms with van der Waals surface area (Å²) in [7, 11) is 0. The van der Waals surface area contributed by atoms with Crippen molar-refractivity contribution in [1.29, 1.82) is 0 Å². The zero-order valence-corrected chi connectivity index (χ0v) is 23.7. The van der Waals surface area contributed by atoms with E-state index in [2.05, 4.69) is 62.0 Å². The Morgan fingerprint density at radius 1 is 1.15 bits per heavy atom. The first-order chi connectivity index (χ1) is 19.4. The molecule has 3 aromatic rings. The van der Waals surface area contributed by atoms with Crippen LogP contribution in [0.2, 0.25) is 0 Å². The zero-order valence-electron chi connectivity index (χ0n) is 23.7. The van der Waals surface area contributed by atoms with Crippen LogP contribution < -0.4 is 15.5 Å². The molecular weight excluding hydrogens is 510 g/mol. The van der Waals surface area contributed by atoms with Crippen LogP contribution in [0.15, 0.2) is 42.7 Å². The summed E-state index contributed by atoms with van der Waals surface area (Å²) in [6.07, 6.45) is 4.99. The highest BCUT2D eigenvalue weighted by Crippen LogP contribution is 2.35. The van der Waals surface area contributed by atoms with Crippen LogP contribution in [0.3, 0.4) is 0 Å². The Morgan fingerprint density at radius 3 is 2.73 bits per heavy atom. The van der Waals surface area contributed by atoms with E-state index in [1.54, 1.807) is 6.33 Å². The second kappa shape index (κ2) is 12.5. The summed E-state index contributed by atoms with van der Waals surface area (Å²) in [5, 5.41) is 6.61. The van der Waals surface area contributed by atoms with E-state index in [0.717, 1.165) is 68.7 Å². The number of nitrogens with zero attached hydrogens (tertiary/aromatic N) is 4. The van der Waals surface area contributed by atoms with Crippen LogP contribution in [0.5, 0.6) is 0 Å². The molecule has 7 nitrogen and oxygen atoms in total. The minimum absolute atomic E-state index is 0.0666. The Kier molecular flexibility index (Phi) is 8.81. The molecule has 1 aliphatic carbocycles. The van der Waals surface area contributed by atoms with Crippen LogP contribution in [0.25, 0.3) is 5.69 Å². The molecule has 0 saturated carbocycles. The van der Waals surface area contributed by atoms with Crippen molar-refractivity contribution in [1.82, 2.24) is 19.8 Å². The van der Waals surface area contributed by atoms with Crippen LogP contribution in [-0.2, 0) is 24.2 Å². The first-order valence-electron chi connectivity index (χ1n) is 14.6. The van der Waals surface area contributed by atoms with E-state index in [1.165, 1.54) is 11.6 Å². The molecule has 2 heterocycles. The maximum atomic E-state index is 14.5. The first kappa shape index (κ1) is 28.2. The number of carbonyl (C=O) groups is 1. The summed E-state index contributed by atoms with van der Waals surface area (Å²) in [5.41, 5.74) is 3.57. The fraction of sp³-hybridized carbons (Fsp3) is 0.484. The summed E-state index contributed by atoms with van der Waals surface area (Å²) in [6, 6.07) is 10.2. The standard InChI is InChI=1S/C31H40F2N6O/c1-4-9-27(35-24-13-12-21-16-23(32)17-26(33)25(21)18-24)30(40)36-29-31-38(15-14-37(5-2)6-3)19-22-10-7-8-11-28(22)39(31)20-34-29/h7-8,10-11,16-17,20,24,27,35H,4-6,9,12-15,18-19H2,1-3H3,(H,36,40)/t24-,27-/m0/s1. The normalized spacial score (nSPS) is 16.9. The third-order valence-electron chi connectivity index (χ3n) is 8.27. The van der Waals surface area contributed by atoms with E-state index in [0.29, 0.717) is 30.6 Å². The van der Waals surface area contributed by atoms with Crippen molar-refractivity contribution < 1.29 is 13.6 Å². The molecule has 1 aromatic heterocycles. The lowest BCUT2D eigenvalue weighted by Gasteiger charge is -2.34. The zero-order chi connectivity index (χ0) is 28.2. The van der Waals surface area contributed by atoms with Gasteiger partial charge in [0.1, 0.15) is 18.0 Å². The molecule has 9 heteroatoms. The van der Waals surface area contributed by atoms with Gasteiger partial charge in [-0.2, -0.15) is 0 Å². The fourth-order valence-corrected chi connectivity index (χ4v) is 6.05. The molecule has 0 radical (unpaired) electrons. The Bertz CT molecular complexity index is 1340. The number of hydrogen-bond acceptors (Lipinski definition) is 5. The summed E-state index contributed by atoms with van der Waals surface area (Å²) >= 11 is 0. The maximum absolute atomic E-state index is 14.5. The molecule has 0 saturated heterocycles. The lowest BCUT2D eigenvalue weighted by Crippen LogP contribution is -2.48. The number of benzene rings is 2. The molecule has 2 N–H and O–H groups in total. The number of aryl methyl sites for hydroxylation is 1. The number of amides is 1. The monoisotopic (exact) mass is 550 g/mol. The SMILES string of the molecule is CCC[C@H](N[C@H]1CCc2cc(F)cc(F)c2C1)C(=O)Nc1ncn2c1N(CCN(CC)CC)Cc1ccccc1-2. The molecule has 0 unspecified atom stereocenters. The van der Waals surface area contributed by atoms with Crippen molar-refractivity contribution in [3.8, 4) is 5.69 Å². The summed E-state index contributed by atoms with van der Waals surface area (Å²) in [6.45, 7) is 10.8. The van der Waals surface area contributed by atoms with Crippen molar-refractivity contribution in [2.45, 2.75) is 71.5 Å². The topological polar surface area (TPSA) is 65.4 Å². The molecule has 214 valence electrons. The van der Waals surface area contributed by atoms with Gasteiger partial charge >= 0.3 is 0 Å². The van der Waals surface area contributed by atoms with Crippen molar-refractivity contribution in [3.63, 3.8) is 0 Å². The third kappa shape index (κ3) is 5.90. The smallest absolute Gasteiger partial charge is 0.242 e. The van der Waals surface area contributed by atoms with E-state index in [9.17, 15) is 13.6 Å². The summed E-state index contributed by atoms with van der Waals surface area (Å²) in [4.78, 5) is 23.0. The van der Waals surface area contributed by atoms with Gasteiger partial charge in [0.25, 0.3) is 0 Å². The highest BCUT2D eigenvalue weighted by Gasteiger charge is 2.30. The van der Waals surface area contributed by atoms with Crippen molar-refractivity contribution in [2.75, 3.05) is 36.4 Å². The number of imidazole rings is 1. The van der Waals surface area contributed by atoms with Crippen LogP contribution in [-0.4, -0.2) is 58.6 Å². The Hall–Kier alpha value is -3.30. The number of carbonyl (C=O) groups excluding carboxylic acids is 1. The lowest BCUT2D eigenvalue weighted by atomic mass is 9.87. The molecule has 2 aliphatic rings. The van der Waals surface area contributed by atoms with E-state index in [1.807, 2.05) is 13.0 Å². The minimum Gasteiger partial charge on any atom is -0.349 e. The molecule has 0 bridgehead atoms. The van der Waals surface area contributed by atoms with Crippen molar-refractivity contribution >= 4 is 17.5 Å². The first-order valence-corrected chi connectivity index (χ1v) is 14.6. The van der Waals surface area contributed by atoms with Gasteiger partial charge < -0.3 is 20.4 Å². The molecule has 5 rings (SSSR count). The van der Waals surface area contributed by atoms with Gasteiger partial charge in [-0.3, -0.25) is 9.36 Å². The molecule has 40 heavy (non-hydrogen) atoms. The highest BCUT2D eigenvalue weighted by atomic mass is 19.1. The second-order valence-corrected chi connectivity index (χ2v) is 10.8. The van der Waals surface area contributed by atoms with Gasteiger partial charge in [-0.05, 0) is 67.6 Å². The van der Waals surface area contributed by atoms with Crippen molar-refractivity contribution in [2.24, 2.45) is 0 Å². The van der Waals surface area contributed by atoms with E-state index in [-0.39, 0.29) is 11.9 Å². The Balaban J connectivity index is 1.35. The van der Waals surface area contributed by atoms with Crippen LogP contribution >= 0.6 is 0 Å². The van der Waals surface area contributed by atoms with Crippen molar-refractivity contribution in [3.05, 3.63) is 71.1 Å². The van der Waals surface area contributed by atoms with E-state index < -0.39 is 17.7 Å². The van der Waals surface area contributed by atoms with Crippen LogP contribution in [0, 0.1) is 11.6 Å². The van der Waals surface area contributed by atoms with Gasteiger partial charge in [0.2, 0.25) is 5.91 Å². The predicted octanol–water partition coefficient (Wildman–Crippen LogP) is 5.07. The third-order valence-corrected chi connectivity index (χ3v) is 8.27. The largest absolute Gasteiger partial charge is 0.349 e. The van der Waals surface area contributed by atoms with Gasteiger partial charge in [-0.15, -0.1) is 0 Å². The number of nitrogens with one attached hydrogen (secondary N) is 2. The molecule has 0 fully saturated rings. The predicted molar refractivity (Wildman–Crippen MR) is 155 cm³/mol. The highest BCUT2D eigenvalue weighted by molar-refractivity contribution is 5.96. The van der Waals surface area contributed by atoms with E-state index in [4.69, 9.17) is 0 Å².